The first-order chi connectivity index (χ1) is 11.6. The summed E-state index contributed by atoms with van der Waals surface area (Å²) < 4.78 is 34.4. The van der Waals surface area contributed by atoms with Crippen molar-refractivity contribution in [3.05, 3.63) is 23.8 Å². The second kappa shape index (κ2) is 13.9. The Bertz CT molecular complexity index is 517. The van der Waals surface area contributed by atoms with Crippen molar-refractivity contribution in [3.63, 3.8) is 0 Å². The van der Waals surface area contributed by atoms with Gasteiger partial charge in [-0.2, -0.15) is 8.78 Å². The molecule has 0 aliphatic heterocycles. The molecule has 144 valence electrons. The molecule has 8 heteroatoms. The molecule has 25 heavy (non-hydrogen) atoms. The quantitative estimate of drug-likeness (QED) is 0.233. The zero-order valence-electron chi connectivity index (χ0n) is 15.0. The number of benzene rings is 1. The summed E-state index contributed by atoms with van der Waals surface area (Å²) in [5.41, 5.74) is 0.761. The van der Waals surface area contributed by atoms with E-state index in [2.05, 4.69) is 27.3 Å². The maximum atomic E-state index is 12.5. The summed E-state index contributed by atoms with van der Waals surface area (Å²) in [4.78, 5) is 4.47. The number of halogens is 3. The fourth-order valence-electron chi connectivity index (χ4n) is 2.10. The molecule has 1 aromatic carbocycles. The molecule has 0 aliphatic rings. The Morgan fingerprint density at radius 2 is 1.92 bits per heavy atom. The lowest BCUT2D eigenvalue weighted by molar-refractivity contribution is -0.0512. The van der Waals surface area contributed by atoms with Crippen LogP contribution >= 0.6 is 24.0 Å². The molecule has 0 fully saturated rings. The summed E-state index contributed by atoms with van der Waals surface area (Å²) in [7, 11) is 1.41. The molecule has 0 aliphatic carbocycles. The summed E-state index contributed by atoms with van der Waals surface area (Å²) >= 11 is 0. The third kappa shape index (κ3) is 9.66. The molecule has 0 saturated carbocycles. The van der Waals surface area contributed by atoms with Gasteiger partial charge in [0.15, 0.2) is 17.5 Å². The molecular weight excluding hydrogens is 443 g/mol. The Morgan fingerprint density at radius 1 is 1.16 bits per heavy atom. The van der Waals surface area contributed by atoms with Crippen molar-refractivity contribution in [2.75, 3.05) is 20.2 Å². The summed E-state index contributed by atoms with van der Waals surface area (Å²) in [6.07, 6.45) is 3.41. The van der Waals surface area contributed by atoms with E-state index in [0.29, 0.717) is 12.5 Å². The first-order valence-corrected chi connectivity index (χ1v) is 8.24. The van der Waals surface area contributed by atoms with E-state index in [4.69, 9.17) is 4.74 Å². The van der Waals surface area contributed by atoms with Crippen LogP contribution in [0.15, 0.2) is 23.2 Å². The number of alkyl halides is 2. The molecule has 0 saturated heterocycles. The summed E-state index contributed by atoms with van der Waals surface area (Å²) in [5.74, 6) is 0.995. The zero-order valence-corrected chi connectivity index (χ0v) is 17.3. The van der Waals surface area contributed by atoms with Gasteiger partial charge >= 0.3 is 6.61 Å². The Kier molecular flexibility index (Phi) is 13.2. The van der Waals surface area contributed by atoms with E-state index >= 15 is 0 Å². The second-order valence-corrected chi connectivity index (χ2v) is 5.19. The molecule has 0 aromatic heterocycles. The lowest BCUT2D eigenvalue weighted by atomic mass is 10.2. The molecule has 0 atom stereocenters. The van der Waals surface area contributed by atoms with Crippen molar-refractivity contribution in [2.24, 2.45) is 4.99 Å². The van der Waals surface area contributed by atoms with Crippen LogP contribution in [0.1, 0.15) is 38.7 Å². The molecular formula is C17H28F2IN3O2. The fourth-order valence-corrected chi connectivity index (χ4v) is 2.10. The van der Waals surface area contributed by atoms with Gasteiger partial charge in [-0.05, 0) is 31.0 Å². The van der Waals surface area contributed by atoms with Gasteiger partial charge in [0.2, 0.25) is 0 Å². The lowest BCUT2D eigenvalue weighted by Gasteiger charge is -2.12. The number of hydrogen-bond acceptors (Lipinski definition) is 3. The van der Waals surface area contributed by atoms with Gasteiger partial charge in [-0.25, -0.2) is 4.99 Å². The summed E-state index contributed by atoms with van der Waals surface area (Å²) in [6, 6.07) is 4.90. The Hall–Kier alpha value is -1.32. The molecule has 2 N–H and O–H groups in total. The molecule has 0 radical (unpaired) electrons. The number of unbranched alkanes of at least 4 members (excludes halogenated alkanes) is 2. The smallest absolute Gasteiger partial charge is 0.387 e. The topological polar surface area (TPSA) is 54.9 Å². The predicted octanol–water partition coefficient (Wildman–Crippen LogP) is 4.16. The number of rotatable bonds is 10. The first-order valence-electron chi connectivity index (χ1n) is 8.24. The second-order valence-electron chi connectivity index (χ2n) is 5.19. The number of hydrogen-bond donors (Lipinski definition) is 2. The lowest BCUT2D eigenvalue weighted by Crippen LogP contribution is -2.37. The van der Waals surface area contributed by atoms with Gasteiger partial charge in [-0.3, -0.25) is 0 Å². The van der Waals surface area contributed by atoms with Crippen LogP contribution in [0.5, 0.6) is 11.5 Å². The molecule has 0 unspecified atom stereocenters. The molecule has 5 nitrogen and oxygen atoms in total. The minimum atomic E-state index is -2.89. The van der Waals surface area contributed by atoms with Crippen molar-refractivity contribution in [1.82, 2.24) is 10.6 Å². The van der Waals surface area contributed by atoms with E-state index in [9.17, 15) is 8.78 Å². The van der Waals surface area contributed by atoms with E-state index < -0.39 is 6.61 Å². The van der Waals surface area contributed by atoms with Crippen LogP contribution in [0.3, 0.4) is 0 Å². The maximum absolute atomic E-state index is 12.5. The number of nitrogens with one attached hydrogen (secondary N) is 2. The van der Waals surface area contributed by atoms with Crippen molar-refractivity contribution < 1.29 is 18.3 Å². The van der Waals surface area contributed by atoms with Crippen LogP contribution in [0, 0.1) is 0 Å². The summed E-state index contributed by atoms with van der Waals surface area (Å²) in [6.45, 7) is 3.21. The highest BCUT2D eigenvalue weighted by atomic mass is 127. The standard InChI is InChI=1S/C17H27F2N3O2.HI/c1-4-6-7-10-21-17(20-5-2)22-12-13-8-9-14(23-3)15(11-13)24-16(18)19;/h8-9,11,16H,4-7,10,12H2,1-3H3,(H2,20,21,22);1H. The summed E-state index contributed by atoms with van der Waals surface area (Å²) in [5, 5.41) is 6.42. The van der Waals surface area contributed by atoms with Gasteiger partial charge in [0, 0.05) is 13.1 Å². The van der Waals surface area contributed by atoms with E-state index in [1.165, 1.54) is 19.6 Å². The van der Waals surface area contributed by atoms with E-state index in [1.807, 2.05) is 6.92 Å². The molecule has 1 rings (SSSR count). The highest BCUT2D eigenvalue weighted by Crippen LogP contribution is 2.29. The van der Waals surface area contributed by atoms with Crippen LogP contribution < -0.4 is 20.1 Å². The Morgan fingerprint density at radius 3 is 2.52 bits per heavy atom. The normalized spacial score (nSPS) is 11.0. The van der Waals surface area contributed by atoms with Crippen LogP contribution in [0.2, 0.25) is 0 Å². The van der Waals surface area contributed by atoms with Gasteiger partial charge in [0.05, 0.1) is 13.7 Å². The SMILES string of the molecule is CCCCCNC(=NCc1ccc(OC)c(OC(F)F)c1)NCC.I. The third-order valence-electron chi connectivity index (χ3n) is 3.28. The van der Waals surface area contributed by atoms with Gasteiger partial charge in [-0.15, -0.1) is 24.0 Å². The maximum Gasteiger partial charge on any atom is 0.387 e. The molecule has 0 heterocycles. The van der Waals surface area contributed by atoms with Crippen molar-refractivity contribution in [3.8, 4) is 11.5 Å². The van der Waals surface area contributed by atoms with E-state index in [-0.39, 0.29) is 35.5 Å². The van der Waals surface area contributed by atoms with Gasteiger partial charge in [0.25, 0.3) is 0 Å². The van der Waals surface area contributed by atoms with Crippen LogP contribution in [-0.4, -0.2) is 32.8 Å². The monoisotopic (exact) mass is 471 g/mol. The molecule has 0 spiro atoms. The van der Waals surface area contributed by atoms with Crippen LogP contribution in [0.4, 0.5) is 8.78 Å². The largest absolute Gasteiger partial charge is 0.493 e. The van der Waals surface area contributed by atoms with Crippen molar-refractivity contribution >= 4 is 29.9 Å². The van der Waals surface area contributed by atoms with Gasteiger partial charge in [-0.1, -0.05) is 25.8 Å². The fraction of sp³-hybridized carbons (Fsp3) is 0.588. The highest BCUT2D eigenvalue weighted by Gasteiger charge is 2.11. The third-order valence-corrected chi connectivity index (χ3v) is 3.28. The molecule has 0 bridgehead atoms. The molecule has 0 amide bonds. The van der Waals surface area contributed by atoms with Gasteiger partial charge in [0.1, 0.15) is 0 Å². The van der Waals surface area contributed by atoms with Crippen molar-refractivity contribution in [1.29, 1.82) is 0 Å². The average Bonchev–Trinajstić information content (AvgIpc) is 2.56. The number of methoxy groups -OCH3 is 1. The Balaban J connectivity index is 0.00000576. The average molecular weight is 471 g/mol. The van der Waals surface area contributed by atoms with E-state index in [1.54, 1.807) is 12.1 Å². The zero-order chi connectivity index (χ0) is 17.8. The highest BCUT2D eigenvalue weighted by molar-refractivity contribution is 14.0. The minimum absolute atomic E-state index is 0. The number of aliphatic imine (C=N–C) groups is 1. The van der Waals surface area contributed by atoms with Crippen molar-refractivity contribution in [2.45, 2.75) is 46.3 Å². The number of guanidine groups is 1. The van der Waals surface area contributed by atoms with E-state index in [0.717, 1.165) is 31.5 Å². The minimum Gasteiger partial charge on any atom is -0.493 e. The Labute approximate surface area is 165 Å². The van der Waals surface area contributed by atoms with Crippen LogP contribution in [0.25, 0.3) is 0 Å². The predicted molar refractivity (Wildman–Crippen MR) is 107 cm³/mol. The first kappa shape index (κ1) is 23.7. The molecule has 1 aromatic rings. The van der Waals surface area contributed by atoms with Crippen LogP contribution in [-0.2, 0) is 6.54 Å². The van der Waals surface area contributed by atoms with Gasteiger partial charge < -0.3 is 20.1 Å². The number of ether oxygens (including phenoxy) is 2. The number of nitrogens with zero attached hydrogens (tertiary/aromatic N) is 1.